The van der Waals surface area contributed by atoms with Crippen molar-refractivity contribution in [2.75, 3.05) is 19.6 Å². The molecule has 0 unspecified atom stereocenters. The highest BCUT2D eigenvalue weighted by atomic mass is 16.3. The van der Waals surface area contributed by atoms with E-state index >= 15 is 0 Å². The Morgan fingerprint density at radius 1 is 1.19 bits per heavy atom. The largest absolute Gasteiger partial charge is 0.389 e. The molecule has 1 amide bonds. The quantitative estimate of drug-likeness (QED) is 0.715. The van der Waals surface area contributed by atoms with Gasteiger partial charge in [-0.2, -0.15) is 0 Å². The molecule has 0 saturated heterocycles. The van der Waals surface area contributed by atoms with Crippen molar-refractivity contribution in [1.82, 2.24) is 10.2 Å². The number of nitrogens with zero attached hydrogens (tertiary/aromatic N) is 1. The number of carbonyl (C=O) groups is 1. The highest BCUT2D eigenvalue weighted by molar-refractivity contribution is 5.78. The lowest BCUT2D eigenvalue weighted by Gasteiger charge is -2.38. The summed E-state index contributed by atoms with van der Waals surface area (Å²) in [5, 5.41) is 13.0. The zero-order valence-electron chi connectivity index (χ0n) is 11.4. The first-order chi connectivity index (χ1) is 7.15. The van der Waals surface area contributed by atoms with Crippen LogP contribution in [-0.2, 0) is 4.79 Å². The SMILES string of the molecule is CCN(CC)C(=O)CNC(C)(C)C(C)(C)O. The van der Waals surface area contributed by atoms with Crippen LogP contribution in [0.25, 0.3) is 0 Å². The van der Waals surface area contributed by atoms with Gasteiger partial charge in [0.2, 0.25) is 5.91 Å². The van der Waals surface area contributed by atoms with Crippen LogP contribution in [0.5, 0.6) is 0 Å². The number of hydrogen-bond acceptors (Lipinski definition) is 3. The first-order valence-corrected chi connectivity index (χ1v) is 5.91. The second kappa shape index (κ2) is 5.64. The molecule has 4 heteroatoms. The molecule has 0 aliphatic rings. The molecule has 0 rings (SSSR count). The Morgan fingerprint density at radius 3 is 1.94 bits per heavy atom. The Kier molecular flexibility index (Phi) is 5.42. The van der Waals surface area contributed by atoms with Crippen molar-refractivity contribution < 1.29 is 9.90 Å². The van der Waals surface area contributed by atoms with E-state index < -0.39 is 11.1 Å². The Hall–Kier alpha value is -0.610. The topological polar surface area (TPSA) is 52.6 Å². The van der Waals surface area contributed by atoms with Gasteiger partial charge < -0.3 is 15.3 Å². The summed E-state index contributed by atoms with van der Waals surface area (Å²) in [6.07, 6.45) is 0. The van der Waals surface area contributed by atoms with Crippen LogP contribution in [0.2, 0.25) is 0 Å². The number of carbonyl (C=O) groups excluding carboxylic acids is 1. The van der Waals surface area contributed by atoms with Crippen molar-refractivity contribution in [3.8, 4) is 0 Å². The van der Waals surface area contributed by atoms with Gasteiger partial charge in [-0.25, -0.2) is 0 Å². The Balaban J connectivity index is 4.30. The number of rotatable bonds is 6. The van der Waals surface area contributed by atoms with Crippen molar-refractivity contribution in [3.63, 3.8) is 0 Å². The van der Waals surface area contributed by atoms with E-state index in [0.717, 1.165) is 13.1 Å². The molecule has 0 aromatic heterocycles. The molecule has 0 saturated carbocycles. The van der Waals surface area contributed by atoms with E-state index in [2.05, 4.69) is 5.32 Å². The zero-order chi connectivity index (χ0) is 13.0. The minimum absolute atomic E-state index is 0.0716. The Morgan fingerprint density at radius 2 is 1.62 bits per heavy atom. The van der Waals surface area contributed by atoms with Gasteiger partial charge in [0.05, 0.1) is 12.1 Å². The summed E-state index contributed by atoms with van der Waals surface area (Å²) in [4.78, 5) is 13.5. The van der Waals surface area contributed by atoms with Crippen molar-refractivity contribution >= 4 is 5.91 Å². The summed E-state index contributed by atoms with van der Waals surface area (Å²) in [7, 11) is 0. The van der Waals surface area contributed by atoms with Crippen LogP contribution in [0.15, 0.2) is 0 Å². The molecule has 0 aliphatic heterocycles. The molecule has 0 spiro atoms. The molecule has 0 aliphatic carbocycles. The molecule has 0 aromatic carbocycles. The van der Waals surface area contributed by atoms with Crippen molar-refractivity contribution in [1.29, 1.82) is 0 Å². The number of aliphatic hydroxyl groups is 1. The lowest BCUT2D eigenvalue weighted by atomic mass is 9.86. The van der Waals surface area contributed by atoms with Gasteiger partial charge in [0.25, 0.3) is 0 Å². The summed E-state index contributed by atoms with van der Waals surface area (Å²) in [5.41, 5.74) is -1.35. The Labute approximate surface area is 99.0 Å². The molecule has 0 aromatic rings. The summed E-state index contributed by atoms with van der Waals surface area (Å²) < 4.78 is 0. The van der Waals surface area contributed by atoms with Crippen LogP contribution >= 0.6 is 0 Å². The van der Waals surface area contributed by atoms with Crippen molar-refractivity contribution in [2.45, 2.75) is 52.7 Å². The lowest BCUT2D eigenvalue weighted by molar-refractivity contribution is -0.130. The highest BCUT2D eigenvalue weighted by Crippen LogP contribution is 2.20. The number of nitrogens with one attached hydrogen (secondary N) is 1. The van der Waals surface area contributed by atoms with E-state index in [0.29, 0.717) is 0 Å². The summed E-state index contributed by atoms with van der Waals surface area (Å²) in [6.45, 7) is 12.9. The molecule has 16 heavy (non-hydrogen) atoms. The molecule has 2 N–H and O–H groups in total. The van der Waals surface area contributed by atoms with Gasteiger partial charge in [0.1, 0.15) is 0 Å². The van der Waals surface area contributed by atoms with E-state index in [-0.39, 0.29) is 12.5 Å². The molecule has 0 radical (unpaired) electrons. The molecular formula is C12H26N2O2. The lowest BCUT2D eigenvalue weighted by Crippen LogP contribution is -2.58. The van der Waals surface area contributed by atoms with Gasteiger partial charge in [-0.15, -0.1) is 0 Å². The second-order valence-electron chi connectivity index (χ2n) is 5.10. The average Bonchev–Trinajstić information content (AvgIpc) is 2.15. The van der Waals surface area contributed by atoms with Crippen LogP contribution in [0.3, 0.4) is 0 Å². The predicted octanol–water partition coefficient (Wildman–Crippen LogP) is 0.994. The maximum Gasteiger partial charge on any atom is 0.236 e. The van der Waals surface area contributed by atoms with Crippen LogP contribution < -0.4 is 5.32 Å². The standard InChI is InChI=1S/C12H26N2O2/c1-7-14(8-2)10(15)9-13-11(3,4)12(5,6)16/h13,16H,7-9H2,1-6H3. The minimum atomic E-state index is -0.865. The van der Waals surface area contributed by atoms with E-state index in [1.165, 1.54) is 0 Å². The van der Waals surface area contributed by atoms with E-state index in [1.807, 2.05) is 27.7 Å². The third-order valence-corrected chi connectivity index (χ3v) is 3.33. The van der Waals surface area contributed by atoms with Gasteiger partial charge in [-0.05, 0) is 41.5 Å². The van der Waals surface area contributed by atoms with Gasteiger partial charge >= 0.3 is 0 Å². The first kappa shape index (κ1) is 15.4. The van der Waals surface area contributed by atoms with E-state index in [4.69, 9.17) is 0 Å². The summed E-state index contributed by atoms with van der Waals surface area (Å²) in [5.74, 6) is 0.0716. The molecule has 4 nitrogen and oxygen atoms in total. The zero-order valence-corrected chi connectivity index (χ0v) is 11.4. The third-order valence-electron chi connectivity index (χ3n) is 3.33. The van der Waals surface area contributed by atoms with Gasteiger partial charge in [0.15, 0.2) is 0 Å². The van der Waals surface area contributed by atoms with Crippen LogP contribution in [0.4, 0.5) is 0 Å². The Bertz CT molecular complexity index is 228. The van der Waals surface area contributed by atoms with Gasteiger partial charge in [-0.3, -0.25) is 4.79 Å². The third kappa shape index (κ3) is 4.10. The highest BCUT2D eigenvalue weighted by Gasteiger charge is 2.34. The molecule has 0 atom stereocenters. The fraction of sp³-hybridized carbons (Fsp3) is 0.917. The fourth-order valence-electron chi connectivity index (χ4n) is 1.20. The number of likely N-dealkylation sites (N-methyl/N-ethyl adjacent to an activating group) is 1. The van der Waals surface area contributed by atoms with Crippen LogP contribution in [0.1, 0.15) is 41.5 Å². The smallest absolute Gasteiger partial charge is 0.236 e. The maximum atomic E-state index is 11.8. The van der Waals surface area contributed by atoms with Crippen molar-refractivity contribution in [3.05, 3.63) is 0 Å². The molecule has 96 valence electrons. The van der Waals surface area contributed by atoms with Crippen molar-refractivity contribution in [2.24, 2.45) is 0 Å². The van der Waals surface area contributed by atoms with Gasteiger partial charge in [0, 0.05) is 18.6 Å². The molecule has 0 bridgehead atoms. The normalized spacial score (nSPS) is 12.7. The number of amides is 1. The summed E-state index contributed by atoms with van der Waals surface area (Å²) in [6, 6.07) is 0. The predicted molar refractivity (Wildman–Crippen MR) is 66.3 cm³/mol. The molecule has 0 heterocycles. The molecular weight excluding hydrogens is 204 g/mol. The van der Waals surface area contributed by atoms with Crippen LogP contribution in [0, 0.1) is 0 Å². The minimum Gasteiger partial charge on any atom is -0.389 e. The fourth-order valence-corrected chi connectivity index (χ4v) is 1.20. The number of hydrogen-bond donors (Lipinski definition) is 2. The first-order valence-electron chi connectivity index (χ1n) is 5.91. The average molecular weight is 230 g/mol. The molecule has 0 fully saturated rings. The second-order valence-corrected chi connectivity index (χ2v) is 5.10. The maximum absolute atomic E-state index is 11.8. The van der Waals surface area contributed by atoms with E-state index in [1.54, 1.807) is 18.7 Å². The van der Waals surface area contributed by atoms with E-state index in [9.17, 15) is 9.90 Å². The summed E-state index contributed by atoms with van der Waals surface area (Å²) >= 11 is 0. The monoisotopic (exact) mass is 230 g/mol. The van der Waals surface area contributed by atoms with Gasteiger partial charge in [-0.1, -0.05) is 0 Å². The van der Waals surface area contributed by atoms with Crippen LogP contribution in [-0.4, -0.2) is 46.7 Å².